The molecule has 0 saturated carbocycles. The molecule has 1 aromatic rings. The monoisotopic (exact) mass is 266 g/mol. The van der Waals surface area contributed by atoms with Crippen molar-refractivity contribution in [1.29, 1.82) is 0 Å². The van der Waals surface area contributed by atoms with Gasteiger partial charge in [-0.05, 0) is 5.56 Å². The molecule has 0 saturated heterocycles. The van der Waals surface area contributed by atoms with E-state index in [0.717, 1.165) is 0 Å². The molecular formula is C12H14N2O5. The van der Waals surface area contributed by atoms with E-state index >= 15 is 0 Å². The summed E-state index contributed by atoms with van der Waals surface area (Å²) in [7, 11) is 0. The van der Waals surface area contributed by atoms with Gasteiger partial charge in [-0.25, -0.2) is 4.79 Å². The standard InChI is InChI=1S/C12H14N2O5/c1-7(11(12(16)17)13-8(2)15)9-3-5-10(6-4-9)14(18)19/h3-7,11H,1-2H3,(H,13,15)(H,16,17)/t7-,11+/m1/s1. The van der Waals surface area contributed by atoms with Crippen LogP contribution in [0, 0.1) is 10.1 Å². The Morgan fingerprint density at radius 2 is 1.84 bits per heavy atom. The molecule has 0 aliphatic carbocycles. The fourth-order valence-corrected chi connectivity index (χ4v) is 1.71. The van der Waals surface area contributed by atoms with Crippen LogP contribution in [-0.4, -0.2) is 27.9 Å². The van der Waals surface area contributed by atoms with Crippen molar-refractivity contribution in [2.24, 2.45) is 0 Å². The van der Waals surface area contributed by atoms with Crippen LogP contribution in [0.25, 0.3) is 0 Å². The number of aliphatic carboxylic acids is 1. The van der Waals surface area contributed by atoms with Gasteiger partial charge in [0.15, 0.2) is 0 Å². The highest BCUT2D eigenvalue weighted by Gasteiger charge is 2.26. The van der Waals surface area contributed by atoms with Gasteiger partial charge in [-0.3, -0.25) is 14.9 Å². The van der Waals surface area contributed by atoms with Crippen molar-refractivity contribution < 1.29 is 19.6 Å². The van der Waals surface area contributed by atoms with Crippen LogP contribution in [0.3, 0.4) is 0 Å². The number of carboxylic acids is 1. The SMILES string of the molecule is CC(=O)N[C@H](C(=O)O)[C@H](C)c1ccc([N+](=O)[O-])cc1. The zero-order chi connectivity index (χ0) is 14.6. The van der Waals surface area contributed by atoms with Crippen molar-refractivity contribution in [2.45, 2.75) is 25.8 Å². The second-order valence-electron chi connectivity index (χ2n) is 4.15. The van der Waals surface area contributed by atoms with Crippen LogP contribution in [0.5, 0.6) is 0 Å². The van der Waals surface area contributed by atoms with Crippen LogP contribution in [0.2, 0.25) is 0 Å². The Balaban J connectivity index is 2.96. The molecule has 0 aliphatic rings. The number of nitro groups is 1. The summed E-state index contributed by atoms with van der Waals surface area (Å²) >= 11 is 0. The summed E-state index contributed by atoms with van der Waals surface area (Å²) in [5, 5.41) is 21.9. The molecule has 19 heavy (non-hydrogen) atoms. The molecule has 0 unspecified atom stereocenters. The van der Waals surface area contributed by atoms with Gasteiger partial charge in [-0.15, -0.1) is 0 Å². The maximum Gasteiger partial charge on any atom is 0.326 e. The number of hydrogen-bond donors (Lipinski definition) is 2. The van der Waals surface area contributed by atoms with E-state index in [1.54, 1.807) is 6.92 Å². The number of carbonyl (C=O) groups is 2. The molecule has 0 heterocycles. The van der Waals surface area contributed by atoms with Crippen LogP contribution in [0.15, 0.2) is 24.3 Å². The second-order valence-corrected chi connectivity index (χ2v) is 4.15. The molecule has 7 nitrogen and oxygen atoms in total. The molecule has 1 amide bonds. The second kappa shape index (κ2) is 5.94. The predicted octanol–water partition coefficient (Wildman–Crippen LogP) is 1.29. The smallest absolute Gasteiger partial charge is 0.326 e. The number of non-ortho nitro benzene ring substituents is 1. The quantitative estimate of drug-likeness (QED) is 0.616. The van der Waals surface area contributed by atoms with Crippen molar-refractivity contribution in [1.82, 2.24) is 5.32 Å². The molecule has 0 radical (unpaired) electrons. The number of carboxylic acid groups (broad SMARTS) is 1. The number of rotatable bonds is 5. The van der Waals surface area contributed by atoms with E-state index < -0.39 is 28.8 Å². The lowest BCUT2D eigenvalue weighted by Gasteiger charge is -2.21. The third-order valence-electron chi connectivity index (χ3n) is 2.75. The Labute approximate surface area is 109 Å². The number of hydrogen-bond acceptors (Lipinski definition) is 4. The normalized spacial score (nSPS) is 13.4. The molecule has 7 heteroatoms. The van der Waals surface area contributed by atoms with E-state index in [9.17, 15) is 19.7 Å². The van der Waals surface area contributed by atoms with E-state index in [4.69, 9.17) is 5.11 Å². The largest absolute Gasteiger partial charge is 0.480 e. The fraction of sp³-hybridized carbons (Fsp3) is 0.333. The fourth-order valence-electron chi connectivity index (χ4n) is 1.71. The average molecular weight is 266 g/mol. The van der Waals surface area contributed by atoms with Gasteiger partial charge >= 0.3 is 5.97 Å². The summed E-state index contributed by atoms with van der Waals surface area (Å²) in [6.45, 7) is 2.87. The molecule has 102 valence electrons. The summed E-state index contributed by atoms with van der Waals surface area (Å²) in [5.74, 6) is -2.09. The highest BCUT2D eigenvalue weighted by molar-refractivity contribution is 5.83. The van der Waals surface area contributed by atoms with Gasteiger partial charge in [0.25, 0.3) is 5.69 Å². The molecule has 1 rings (SSSR count). The first-order valence-electron chi connectivity index (χ1n) is 5.57. The highest BCUT2D eigenvalue weighted by atomic mass is 16.6. The Morgan fingerprint density at radius 1 is 1.32 bits per heavy atom. The number of nitrogens with zero attached hydrogens (tertiary/aromatic N) is 1. The number of amides is 1. The highest BCUT2D eigenvalue weighted by Crippen LogP contribution is 2.22. The van der Waals surface area contributed by atoms with E-state index in [0.29, 0.717) is 5.56 Å². The predicted molar refractivity (Wildman–Crippen MR) is 66.8 cm³/mol. The minimum absolute atomic E-state index is 0.0673. The lowest BCUT2D eigenvalue weighted by Crippen LogP contribution is -2.43. The summed E-state index contributed by atoms with van der Waals surface area (Å²) in [4.78, 5) is 32.1. The third kappa shape index (κ3) is 3.77. The first kappa shape index (κ1) is 14.6. The Kier molecular flexibility index (Phi) is 4.57. The number of benzene rings is 1. The molecule has 1 aromatic carbocycles. The minimum atomic E-state index is -1.15. The van der Waals surface area contributed by atoms with Crippen LogP contribution < -0.4 is 5.32 Å². The maximum absolute atomic E-state index is 11.1. The van der Waals surface area contributed by atoms with Gasteiger partial charge in [0.05, 0.1) is 4.92 Å². The van der Waals surface area contributed by atoms with Crippen LogP contribution in [-0.2, 0) is 9.59 Å². The van der Waals surface area contributed by atoms with Crippen molar-refractivity contribution in [3.63, 3.8) is 0 Å². The van der Waals surface area contributed by atoms with Crippen LogP contribution in [0.1, 0.15) is 25.3 Å². The number of carbonyl (C=O) groups excluding carboxylic acids is 1. The van der Waals surface area contributed by atoms with Crippen LogP contribution >= 0.6 is 0 Å². The first-order chi connectivity index (χ1) is 8.82. The van der Waals surface area contributed by atoms with Crippen LogP contribution in [0.4, 0.5) is 5.69 Å². The zero-order valence-corrected chi connectivity index (χ0v) is 10.5. The molecule has 0 bridgehead atoms. The summed E-state index contributed by atoms with van der Waals surface area (Å²) in [6.07, 6.45) is 0. The lowest BCUT2D eigenvalue weighted by atomic mass is 9.93. The van der Waals surface area contributed by atoms with Gasteiger partial charge in [-0.1, -0.05) is 19.1 Å². The van der Waals surface area contributed by atoms with E-state index in [2.05, 4.69) is 5.32 Å². The first-order valence-corrected chi connectivity index (χ1v) is 5.57. The maximum atomic E-state index is 11.1. The van der Waals surface area contributed by atoms with Gasteiger partial charge < -0.3 is 10.4 Å². The Bertz CT molecular complexity index is 497. The number of nitrogens with one attached hydrogen (secondary N) is 1. The molecule has 0 fully saturated rings. The summed E-state index contributed by atoms with van der Waals surface area (Å²) < 4.78 is 0. The van der Waals surface area contributed by atoms with Crippen molar-refractivity contribution >= 4 is 17.6 Å². The van der Waals surface area contributed by atoms with Gasteiger partial charge in [0, 0.05) is 25.0 Å². The van der Waals surface area contributed by atoms with Crippen molar-refractivity contribution in [3.05, 3.63) is 39.9 Å². The van der Waals surface area contributed by atoms with Gasteiger partial charge in [0.1, 0.15) is 6.04 Å². The molecule has 2 N–H and O–H groups in total. The third-order valence-corrected chi connectivity index (χ3v) is 2.75. The molecule has 0 aliphatic heterocycles. The van der Waals surface area contributed by atoms with Crippen molar-refractivity contribution in [3.8, 4) is 0 Å². The molecular weight excluding hydrogens is 252 g/mol. The Morgan fingerprint density at radius 3 is 2.21 bits per heavy atom. The van der Waals surface area contributed by atoms with E-state index in [-0.39, 0.29) is 5.69 Å². The summed E-state index contributed by atoms with van der Waals surface area (Å²) in [6, 6.07) is 4.51. The molecule has 2 atom stereocenters. The Hall–Kier alpha value is -2.44. The lowest BCUT2D eigenvalue weighted by molar-refractivity contribution is -0.384. The molecule has 0 aromatic heterocycles. The topological polar surface area (TPSA) is 110 Å². The van der Waals surface area contributed by atoms with E-state index in [1.807, 2.05) is 0 Å². The van der Waals surface area contributed by atoms with Gasteiger partial charge in [-0.2, -0.15) is 0 Å². The summed E-state index contributed by atoms with van der Waals surface area (Å²) in [5.41, 5.74) is 0.536. The van der Waals surface area contributed by atoms with Crippen molar-refractivity contribution in [2.75, 3.05) is 0 Å². The zero-order valence-electron chi connectivity index (χ0n) is 10.5. The number of nitro benzene ring substituents is 1. The average Bonchev–Trinajstić information content (AvgIpc) is 2.34. The van der Waals surface area contributed by atoms with Gasteiger partial charge in [0.2, 0.25) is 5.91 Å². The molecule has 0 spiro atoms. The van der Waals surface area contributed by atoms with E-state index in [1.165, 1.54) is 31.2 Å². The minimum Gasteiger partial charge on any atom is -0.480 e.